The summed E-state index contributed by atoms with van der Waals surface area (Å²) in [6, 6.07) is 0. The molecule has 0 spiro atoms. The van der Waals surface area contributed by atoms with Crippen LogP contribution in [0.15, 0.2) is 9.63 Å². The summed E-state index contributed by atoms with van der Waals surface area (Å²) in [5.41, 5.74) is 0. The number of rotatable bonds is 4. The highest BCUT2D eigenvalue weighted by molar-refractivity contribution is 9.10. The number of aromatic nitrogens is 5. The van der Waals surface area contributed by atoms with Crippen LogP contribution in [0.4, 0.5) is 5.13 Å². The van der Waals surface area contributed by atoms with Gasteiger partial charge in [-0.1, -0.05) is 23.5 Å². The maximum absolute atomic E-state index is 12.1. The van der Waals surface area contributed by atoms with Gasteiger partial charge in [-0.25, -0.2) is 4.68 Å². The molecule has 0 aliphatic carbocycles. The molecule has 11 heteroatoms. The third-order valence-electron chi connectivity index (χ3n) is 1.98. The van der Waals surface area contributed by atoms with Crippen LogP contribution in [-0.4, -0.2) is 33.6 Å². The largest absolute Gasteiger partial charge is 0.283 e. The average Bonchev–Trinajstić information content (AvgIpc) is 2.85. The van der Waals surface area contributed by atoms with E-state index in [-0.39, 0.29) is 14.8 Å². The fourth-order valence-corrected chi connectivity index (χ4v) is 4.22. The van der Waals surface area contributed by atoms with Crippen molar-refractivity contribution in [1.29, 1.82) is 0 Å². The van der Waals surface area contributed by atoms with Gasteiger partial charge in [0, 0.05) is 7.05 Å². The second-order valence-electron chi connectivity index (χ2n) is 3.27. The Morgan fingerprint density at radius 2 is 2.11 bits per heavy atom. The molecule has 2 aromatic heterocycles. The molecule has 0 aromatic carbocycles. The summed E-state index contributed by atoms with van der Waals surface area (Å²) in [5.74, 6) is 0. The molecule has 0 bridgehead atoms. The molecule has 0 atom stereocenters. The Morgan fingerprint density at radius 3 is 2.61 bits per heavy atom. The van der Waals surface area contributed by atoms with Gasteiger partial charge >= 0.3 is 0 Å². The maximum atomic E-state index is 12.1. The molecule has 0 fully saturated rings. The second kappa shape index (κ2) is 4.90. The lowest BCUT2D eigenvalue weighted by molar-refractivity contribution is 0.578. The molecule has 0 aliphatic rings. The Balaban J connectivity index is 2.33. The van der Waals surface area contributed by atoms with Gasteiger partial charge in [-0.05, 0) is 22.4 Å². The van der Waals surface area contributed by atoms with Crippen LogP contribution in [0, 0.1) is 0 Å². The van der Waals surface area contributed by atoms with E-state index in [0.717, 1.165) is 9.69 Å². The van der Waals surface area contributed by atoms with E-state index >= 15 is 0 Å². The Kier molecular flexibility index (Phi) is 3.64. The van der Waals surface area contributed by atoms with Gasteiger partial charge in [0.05, 0.1) is 0 Å². The SMILES string of the molecule is CCc1nnc(NS(=O)(=O)c2c(Br)nnn2C)s1. The summed E-state index contributed by atoms with van der Waals surface area (Å²) in [4.78, 5) is 0. The van der Waals surface area contributed by atoms with Crippen LogP contribution in [0.2, 0.25) is 0 Å². The smallest absolute Gasteiger partial charge is 0.252 e. The molecule has 2 heterocycles. The van der Waals surface area contributed by atoms with Crippen LogP contribution in [0.5, 0.6) is 0 Å². The zero-order valence-corrected chi connectivity index (χ0v) is 12.7. The Morgan fingerprint density at radius 1 is 1.39 bits per heavy atom. The quantitative estimate of drug-likeness (QED) is 0.872. The van der Waals surface area contributed by atoms with Crippen LogP contribution in [0.25, 0.3) is 0 Å². The topological polar surface area (TPSA) is 103 Å². The zero-order valence-electron chi connectivity index (χ0n) is 9.45. The molecule has 1 N–H and O–H groups in total. The van der Waals surface area contributed by atoms with Gasteiger partial charge in [0.25, 0.3) is 10.0 Å². The first-order chi connectivity index (χ1) is 8.44. The van der Waals surface area contributed by atoms with Gasteiger partial charge in [-0.2, -0.15) is 8.42 Å². The number of nitrogens with one attached hydrogen (secondary N) is 1. The third-order valence-corrected chi connectivity index (χ3v) is 5.32. The normalized spacial score (nSPS) is 11.7. The Labute approximate surface area is 116 Å². The van der Waals surface area contributed by atoms with E-state index in [0.29, 0.717) is 6.42 Å². The van der Waals surface area contributed by atoms with Crippen molar-refractivity contribution in [1.82, 2.24) is 25.2 Å². The minimum absolute atomic E-state index is 0.0595. The van der Waals surface area contributed by atoms with E-state index in [2.05, 4.69) is 41.2 Å². The van der Waals surface area contributed by atoms with Crippen LogP contribution in [-0.2, 0) is 23.5 Å². The Hall–Kier alpha value is -1.07. The van der Waals surface area contributed by atoms with Crippen LogP contribution >= 0.6 is 27.3 Å². The molecular formula is C7H9BrN6O2S2. The molecule has 0 aliphatic heterocycles. The monoisotopic (exact) mass is 352 g/mol. The average molecular weight is 353 g/mol. The van der Waals surface area contributed by atoms with Crippen molar-refractivity contribution in [3.05, 3.63) is 9.61 Å². The van der Waals surface area contributed by atoms with Crippen molar-refractivity contribution in [2.45, 2.75) is 18.4 Å². The van der Waals surface area contributed by atoms with Crippen LogP contribution < -0.4 is 4.72 Å². The lowest BCUT2D eigenvalue weighted by Gasteiger charge is -2.03. The van der Waals surface area contributed by atoms with Crippen molar-refractivity contribution >= 4 is 42.4 Å². The number of hydrogen-bond donors (Lipinski definition) is 1. The zero-order chi connectivity index (χ0) is 13.3. The van der Waals surface area contributed by atoms with Crippen molar-refractivity contribution < 1.29 is 8.42 Å². The summed E-state index contributed by atoms with van der Waals surface area (Å²) in [6.45, 7) is 1.92. The second-order valence-corrected chi connectivity index (χ2v) is 6.68. The fourth-order valence-electron chi connectivity index (χ4n) is 1.21. The third kappa shape index (κ3) is 2.52. The van der Waals surface area contributed by atoms with Gasteiger partial charge in [0.15, 0.2) is 4.60 Å². The molecule has 0 radical (unpaired) electrons. The predicted octanol–water partition coefficient (Wildman–Crippen LogP) is 0.792. The number of anilines is 1. The molecule has 2 rings (SSSR count). The van der Waals surface area contributed by atoms with Gasteiger partial charge in [-0.3, -0.25) is 4.72 Å². The number of halogens is 1. The summed E-state index contributed by atoms with van der Waals surface area (Å²) >= 11 is 4.23. The van der Waals surface area contributed by atoms with E-state index in [1.165, 1.54) is 18.4 Å². The highest BCUT2D eigenvalue weighted by Crippen LogP contribution is 2.23. The molecule has 98 valence electrons. The first-order valence-electron chi connectivity index (χ1n) is 4.84. The van der Waals surface area contributed by atoms with Gasteiger partial charge in [0.2, 0.25) is 10.2 Å². The first kappa shape index (κ1) is 13.4. The number of hydrogen-bond acceptors (Lipinski definition) is 7. The highest BCUT2D eigenvalue weighted by Gasteiger charge is 2.25. The fraction of sp³-hybridized carbons (Fsp3) is 0.429. The van der Waals surface area contributed by atoms with Crippen LogP contribution in [0.3, 0.4) is 0 Å². The minimum atomic E-state index is -3.78. The lowest BCUT2D eigenvalue weighted by Crippen LogP contribution is -2.17. The van der Waals surface area contributed by atoms with E-state index in [4.69, 9.17) is 0 Å². The molecular weight excluding hydrogens is 344 g/mol. The van der Waals surface area contributed by atoms with Crippen LogP contribution in [0.1, 0.15) is 11.9 Å². The summed E-state index contributed by atoms with van der Waals surface area (Å²) in [5, 5.41) is 15.7. The van der Waals surface area contributed by atoms with Gasteiger partial charge in [-0.15, -0.1) is 15.3 Å². The highest BCUT2D eigenvalue weighted by atomic mass is 79.9. The molecule has 18 heavy (non-hydrogen) atoms. The van der Waals surface area contributed by atoms with E-state index in [1.54, 1.807) is 0 Å². The van der Waals surface area contributed by atoms with Crippen molar-refractivity contribution in [3.8, 4) is 0 Å². The summed E-state index contributed by atoms with van der Waals surface area (Å²) in [7, 11) is -2.29. The Bertz CT molecular complexity index is 644. The molecule has 0 saturated heterocycles. The van der Waals surface area contributed by atoms with Crippen molar-refractivity contribution in [3.63, 3.8) is 0 Å². The number of sulfonamides is 1. The van der Waals surface area contributed by atoms with E-state index in [9.17, 15) is 8.42 Å². The minimum Gasteiger partial charge on any atom is -0.252 e. The van der Waals surface area contributed by atoms with E-state index < -0.39 is 10.0 Å². The first-order valence-corrected chi connectivity index (χ1v) is 7.93. The van der Waals surface area contributed by atoms with Crippen molar-refractivity contribution in [2.75, 3.05) is 4.72 Å². The van der Waals surface area contributed by atoms with E-state index in [1.807, 2.05) is 6.92 Å². The van der Waals surface area contributed by atoms with Crippen molar-refractivity contribution in [2.24, 2.45) is 7.05 Å². The van der Waals surface area contributed by atoms with Gasteiger partial charge in [0.1, 0.15) is 5.01 Å². The van der Waals surface area contributed by atoms with Gasteiger partial charge < -0.3 is 0 Å². The molecule has 0 saturated carbocycles. The number of nitrogens with zero attached hydrogens (tertiary/aromatic N) is 5. The summed E-state index contributed by atoms with van der Waals surface area (Å²) < 4.78 is 27.9. The molecule has 0 unspecified atom stereocenters. The molecule has 0 amide bonds. The standard InChI is InChI=1S/C7H9BrN6O2S2/c1-3-4-9-11-7(17-4)12-18(15,16)6-5(8)10-13-14(6)2/h3H2,1-2H3,(H,11,12). The number of aryl methyl sites for hydroxylation is 2. The predicted molar refractivity (Wildman–Crippen MR) is 68.8 cm³/mol. The summed E-state index contributed by atoms with van der Waals surface area (Å²) in [6.07, 6.45) is 0.705. The lowest BCUT2D eigenvalue weighted by atomic mass is 10.5. The molecule has 2 aromatic rings. The molecule has 8 nitrogen and oxygen atoms in total. The maximum Gasteiger partial charge on any atom is 0.283 e.